The fourth-order valence-electron chi connectivity index (χ4n) is 0.709. The predicted octanol–water partition coefficient (Wildman–Crippen LogP) is -0.519. The molecule has 1 unspecified atom stereocenters. The first kappa shape index (κ1) is 11.6. The highest BCUT2D eigenvalue weighted by Crippen LogP contribution is 1.88. The number of rotatable bonds is 6. The van der Waals surface area contributed by atoms with Crippen molar-refractivity contribution in [2.45, 2.75) is 18.9 Å². The molecule has 0 aliphatic rings. The lowest BCUT2D eigenvalue weighted by atomic mass is 10.2. The molecule has 0 heterocycles. The van der Waals surface area contributed by atoms with E-state index in [1.807, 2.05) is 0 Å². The van der Waals surface area contributed by atoms with Crippen molar-refractivity contribution in [1.82, 2.24) is 5.32 Å². The molecule has 0 saturated carbocycles. The maximum atomic E-state index is 11.0. The Bertz CT molecular complexity index is 204. The number of carboxylic acids is 1. The molecule has 5 nitrogen and oxygen atoms in total. The van der Waals surface area contributed by atoms with E-state index in [0.29, 0.717) is 13.0 Å². The molecule has 0 spiro atoms. The Balaban J connectivity index is 3.69. The third-order valence-corrected chi connectivity index (χ3v) is 1.38. The Morgan fingerprint density at radius 3 is 2.69 bits per heavy atom. The van der Waals surface area contributed by atoms with E-state index in [2.05, 4.69) is 11.9 Å². The van der Waals surface area contributed by atoms with Gasteiger partial charge in [0.05, 0.1) is 12.5 Å². The van der Waals surface area contributed by atoms with Gasteiger partial charge in [-0.1, -0.05) is 6.08 Å². The van der Waals surface area contributed by atoms with Gasteiger partial charge in [-0.25, -0.2) is 0 Å². The van der Waals surface area contributed by atoms with E-state index in [-0.39, 0.29) is 6.42 Å². The molecule has 0 rings (SSSR count). The number of hydrogen-bond acceptors (Lipinski definition) is 3. The third kappa shape index (κ3) is 5.86. The van der Waals surface area contributed by atoms with Gasteiger partial charge in [0.25, 0.3) is 0 Å². The normalized spacial score (nSPS) is 11.8. The van der Waals surface area contributed by atoms with Crippen molar-refractivity contribution in [1.29, 1.82) is 0 Å². The van der Waals surface area contributed by atoms with Crippen molar-refractivity contribution in [3.8, 4) is 0 Å². The summed E-state index contributed by atoms with van der Waals surface area (Å²) in [4.78, 5) is 21.2. The maximum Gasteiger partial charge on any atom is 0.305 e. The van der Waals surface area contributed by atoms with Gasteiger partial charge in [-0.05, 0) is 6.42 Å². The minimum atomic E-state index is -1.08. The van der Waals surface area contributed by atoms with E-state index < -0.39 is 17.9 Å². The maximum absolute atomic E-state index is 11.0. The highest BCUT2D eigenvalue weighted by molar-refractivity contribution is 5.85. The van der Waals surface area contributed by atoms with Crippen LogP contribution in [0.15, 0.2) is 12.7 Å². The smallest absolute Gasteiger partial charge is 0.305 e. The van der Waals surface area contributed by atoms with Crippen molar-refractivity contribution in [3.05, 3.63) is 12.7 Å². The number of nitrogens with one attached hydrogen (secondary N) is 1. The average molecular weight is 186 g/mol. The minimum Gasteiger partial charge on any atom is -0.481 e. The van der Waals surface area contributed by atoms with Gasteiger partial charge < -0.3 is 16.2 Å². The van der Waals surface area contributed by atoms with Crippen LogP contribution in [0.5, 0.6) is 0 Å². The molecular formula is C8H14N2O3. The van der Waals surface area contributed by atoms with Gasteiger partial charge in [-0.2, -0.15) is 0 Å². The number of aliphatic carboxylic acids is 1. The Morgan fingerprint density at radius 1 is 1.62 bits per heavy atom. The van der Waals surface area contributed by atoms with Crippen LogP contribution in [0.1, 0.15) is 12.8 Å². The Labute approximate surface area is 76.6 Å². The van der Waals surface area contributed by atoms with Gasteiger partial charge in [-0.3, -0.25) is 9.59 Å². The summed E-state index contributed by atoms with van der Waals surface area (Å²) in [7, 11) is 0. The number of nitrogens with two attached hydrogens (primary N) is 1. The van der Waals surface area contributed by atoms with Crippen molar-refractivity contribution >= 4 is 11.9 Å². The zero-order valence-corrected chi connectivity index (χ0v) is 7.32. The van der Waals surface area contributed by atoms with Crippen LogP contribution in [0.2, 0.25) is 0 Å². The van der Waals surface area contributed by atoms with Crippen molar-refractivity contribution in [2.24, 2.45) is 5.73 Å². The second-order valence-corrected chi connectivity index (χ2v) is 2.57. The van der Waals surface area contributed by atoms with Crippen LogP contribution in [-0.4, -0.2) is 29.6 Å². The van der Waals surface area contributed by atoms with E-state index in [1.54, 1.807) is 6.08 Å². The fourth-order valence-corrected chi connectivity index (χ4v) is 0.709. The molecule has 1 amide bonds. The van der Waals surface area contributed by atoms with Crippen LogP contribution in [0.25, 0.3) is 0 Å². The second-order valence-electron chi connectivity index (χ2n) is 2.57. The first-order chi connectivity index (χ1) is 6.07. The standard InChI is InChI=1S/C8H14N2O3/c1-2-3-4-10-8(13)6(9)5-7(11)12/h2,6H,1,3-5,9H2,(H,10,13)(H,11,12). The van der Waals surface area contributed by atoms with Crippen LogP contribution in [0.4, 0.5) is 0 Å². The average Bonchev–Trinajstić information content (AvgIpc) is 2.03. The molecule has 1 atom stereocenters. The van der Waals surface area contributed by atoms with Gasteiger partial charge in [0.1, 0.15) is 0 Å². The summed E-state index contributed by atoms with van der Waals surface area (Å²) in [6, 6.07) is -0.970. The fraction of sp³-hybridized carbons (Fsp3) is 0.500. The van der Waals surface area contributed by atoms with Crippen LogP contribution in [0, 0.1) is 0 Å². The van der Waals surface area contributed by atoms with E-state index in [4.69, 9.17) is 10.8 Å². The SMILES string of the molecule is C=CCCNC(=O)C(N)CC(=O)O. The lowest BCUT2D eigenvalue weighted by Crippen LogP contribution is -2.42. The molecular weight excluding hydrogens is 172 g/mol. The summed E-state index contributed by atoms with van der Waals surface area (Å²) >= 11 is 0. The molecule has 0 radical (unpaired) electrons. The van der Waals surface area contributed by atoms with Crippen molar-refractivity contribution in [2.75, 3.05) is 6.54 Å². The molecule has 0 fully saturated rings. The molecule has 5 heteroatoms. The highest BCUT2D eigenvalue weighted by Gasteiger charge is 2.15. The van der Waals surface area contributed by atoms with Crippen LogP contribution in [0.3, 0.4) is 0 Å². The van der Waals surface area contributed by atoms with Gasteiger partial charge in [0.15, 0.2) is 0 Å². The van der Waals surface area contributed by atoms with Gasteiger partial charge >= 0.3 is 5.97 Å². The summed E-state index contributed by atoms with van der Waals surface area (Å²) in [6.45, 7) is 3.91. The first-order valence-electron chi connectivity index (χ1n) is 3.94. The quantitative estimate of drug-likeness (QED) is 0.384. The number of hydrogen-bond donors (Lipinski definition) is 3. The number of amides is 1. The third-order valence-electron chi connectivity index (χ3n) is 1.38. The molecule has 4 N–H and O–H groups in total. The molecule has 0 aromatic carbocycles. The van der Waals surface area contributed by atoms with Gasteiger partial charge in [-0.15, -0.1) is 6.58 Å². The molecule has 0 aliphatic heterocycles. The topological polar surface area (TPSA) is 92.4 Å². The van der Waals surface area contributed by atoms with Gasteiger partial charge in [0, 0.05) is 6.54 Å². The summed E-state index contributed by atoms with van der Waals surface area (Å²) < 4.78 is 0. The zero-order valence-electron chi connectivity index (χ0n) is 7.32. The molecule has 0 bridgehead atoms. The highest BCUT2D eigenvalue weighted by atomic mass is 16.4. The van der Waals surface area contributed by atoms with E-state index in [9.17, 15) is 9.59 Å². The summed E-state index contributed by atoms with van der Waals surface area (Å²) in [5.74, 6) is -1.52. The summed E-state index contributed by atoms with van der Waals surface area (Å²) in [5.41, 5.74) is 5.28. The Hall–Kier alpha value is -1.36. The molecule has 13 heavy (non-hydrogen) atoms. The van der Waals surface area contributed by atoms with E-state index in [0.717, 1.165) is 0 Å². The minimum absolute atomic E-state index is 0.347. The predicted molar refractivity (Wildman–Crippen MR) is 48.1 cm³/mol. The lowest BCUT2D eigenvalue weighted by molar-refractivity contribution is -0.139. The molecule has 0 aromatic heterocycles. The Morgan fingerprint density at radius 2 is 2.23 bits per heavy atom. The van der Waals surface area contributed by atoms with Crippen LogP contribution in [-0.2, 0) is 9.59 Å². The van der Waals surface area contributed by atoms with E-state index in [1.165, 1.54) is 0 Å². The Kier molecular flexibility index (Phi) is 5.54. The number of carbonyl (C=O) groups is 2. The monoisotopic (exact) mass is 186 g/mol. The van der Waals surface area contributed by atoms with E-state index >= 15 is 0 Å². The largest absolute Gasteiger partial charge is 0.481 e. The summed E-state index contributed by atoms with van der Waals surface area (Å²) in [5, 5.41) is 10.8. The zero-order chi connectivity index (χ0) is 10.3. The molecule has 0 saturated heterocycles. The molecule has 0 aromatic rings. The van der Waals surface area contributed by atoms with Crippen molar-refractivity contribution < 1.29 is 14.7 Å². The van der Waals surface area contributed by atoms with Crippen LogP contribution >= 0.6 is 0 Å². The first-order valence-corrected chi connectivity index (χ1v) is 3.94. The lowest BCUT2D eigenvalue weighted by Gasteiger charge is -2.08. The number of carbonyl (C=O) groups excluding carboxylic acids is 1. The van der Waals surface area contributed by atoms with Gasteiger partial charge in [0.2, 0.25) is 5.91 Å². The van der Waals surface area contributed by atoms with Crippen LogP contribution < -0.4 is 11.1 Å². The second kappa shape index (κ2) is 6.19. The number of carboxylic acid groups (broad SMARTS) is 1. The summed E-state index contributed by atoms with van der Waals surface area (Å²) in [6.07, 6.45) is 1.95. The molecule has 74 valence electrons. The molecule has 0 aliphatic carbocycles. The van der Waals surface area contributed by atoms with Crippen molar-refractivity contribution in [3.63, 3.8) is 0 Å².